The number of carbonyl (C=O) groups excluding carboxylic acids is 1. The summed E-state index contributed by atoms with van der Waals surface area (Å²) in [6.07, 6.45) is 1.72. The van der Waals surface area contributed by atoms with E-state index < -0.39 is 0 Å². The molecule has 1 amide bonds. The molecule has 0 unspecified atom stereocenters. The van der Waals surface area contributed by atoms with Crippen LogP contribution in [0.5, 0.6) is 0 Å². The van der Waals surface area contributed by atoms with E-state index in [4.69, 9.17) is 5.73 Å². The zero-order chi connectivity index (χ0) is 16.1. The van der Waals surface area contributed by atoms with Gasteiger partial charge in [-0.2, -0.15) is 0 Å². The molecule has 1 aliphatic heterocycles. The van der Waals surface area contributed by atoms with Crippen LogP contribution in [-0.4, -0.2) is 47.9 Å². The van der Waals surface area contributed by atoms with Gasteiger partial charge in [0.15, 0.2) is 0 Å². The van der Waals surface area contributed by atoms with E-state index in [-0.39, 0.29) is 11.9 Å². The zero-order valence-electron chi connectivity index (χ0n) is 14.0. The van der Waals surface area contributed by atoms with E-state index in [1.807, 2.05) is 18.9 Å². The number of amides is 1. The molecular formula is C18H29N3O. The minimum absolute atomic E-state index is 0.0795. The first-order valence-electron chi connectivity index (χ1n) is 8.31. The van der Waals surface area contributed by atoms with Crippen LogP contribution in [0.25, 0.3) is 0 Å². The second-order valence-corrected chi connectivity index (χ2v) is 6.52. The number of nitrogens with two attached hydrogens (primary N) is 1. The first-order chi connectivity index (χ1) is 10.5. The lowest BCUT2D eigenvalue weighted by Crippen LogP contribution is -2.53. The SMILES string of the molecule is CC[C@H](N)C(=O)N(C)[C@@H]1CCN(Cc2ccccc2)C[C@@H]1C. The molecule has 122 valence electrons. The number of hydrogen-bond donors (Lipinski definition) is 1. The number of rotatable bonds is 5. The van der Waals surface area contributed by atoms with Gasteiger partial charge in [0, 0.05) is 32.7 Å². The van der Waals surface area contributed by atoms with E-state index in [0.717, 1.165) is 26.1 Å². The van der Waals surface area contributed by atoms with E-state index in [0.29, 0.717) is 18.4 Å². The van der Waals surface area contributed by atoms with Crippen LogP contribution in [0.3, 0.4) is 0 Å². The van der Waals surface area contributed by atoms with E-state index in [1.165, 1.54) is 5.56 Å². The fourth-order valence-electron chi connectivity index (χ4n) is 3.38. The number of likely N-dealkylation sites (tertiary alicyclic amines) is 1. The van der Waals surface area contributed by atoms with Crippen LogP contribution >= 0.6 is 0 Å². The Hall–Kier alpha value is -1.39. The van der Waals surface area contributed by atoms with Crippen LogP contribution < -0.4 is 5.73 Å². The molecule has 0 bridgehead atoms. The highest BCUT2D eigenvalue weighted by Gasteiger charge is 2.32. The van der Waals surface area contributed by atoms with Crippen LogP contribution in [-0.2, 0) is 11.3 Å². The standard InChI is InChI=1S/C18H29N3O/c1-4-16(19)18(22)20(3)17-10-11-21(12-14(17)2)13-15-8-6-5-7-9-15/h5-9,14,16-17H,4,10-13,19H2,1-3H3/t14-,16-,17+/m0/s1. The van der Waals surface area contributed by atoms with Crippen LogP contribution in [0.1, 0.15) is 32.3 Å². The Morgan fingerprint density at radius 1 is 1.41 bits per heavy atom. The fourth-order valence-corrected chi connectivity index (χ4v) is 3.38. The highest BCUT2D eigenvalue weighted by molar-refractivity contribution is 5.81. The Balaban J connectivity index is 1.91. The third-order valence-corrected chi connectivity index (χ3v) is 4.80. The molecule has 0 spiro atoms. The summed E-state index contributed by atoms with van der Waals surface area (Å²) < 4.78 is 0. The van der Waals surface area contributed by atoms with Crippen LogP contribution in [0.15, 0.2) is 30.3 Å². The summed E-state index contributed by atoms with van der Waals surface area (Å²) in [6, 6.07) is 10.5. The van der Waals surface area contributed by atoms with Crippen molar-refractivity contribution in [2.75, 3.05) is 20.1 Å². The third-order valence-electron chi connectivity index (χ3n) is 4.80. The van der Waals surface area contributed by atoms with Crippen molar-refractivity contribution in [2.24, 2.45) is 11.7 Å². The normalized spacial score (nSPS) is 24.0. The molecule has 1 aliphatic rings. The number of hydrogen-bond acceptors (Lipinski definition) is 3. The van der Waals surface area contributed by atoms with E-state index in [1.54, 1.807) is 0 Å². The molecule has 2 rings (SSSR count). The van der Waals surface area contributed by atoms with Gasteiger partial charge in [-0.15, -0.1) is 0 Å². The topological polar surface area (TPSA) is 49.6 Å². The van der Waals surface area contributed by atoms with Gasteiger partial charge in [0.25, 0.3) is 0 Å². The maximum atomic E-state index is 12.3. The van der Waals surface area contributed by atoms with Crippen molar-refractivity contribution < 1.29 is 4.79 Å². The quantitative estimate of drug-likeness (QED) is 0.906. The van der Waals surface area contributed by atoms with E-state index in [9.17, 15) is 4.79 Å². The number of benzene rings is 1. The van der Waals surface area contributed by atoms with Crippen molar-refractivity contribution in [2.45, 2.75) is 45.3 Å². The van der Waals surface area contributed by atoms with Crippen LogP contribution in [0.2, 0.25) is 0 Å². The molecule has 3 atom stereocenters. The maximum absolute atomic E-state index is 12.3. The van der Waals surface area contributed by atoms with E-state index in [2.05, 4.69) is 42.2 Å². The number of nitrogens with zero attached hydrogens (tertiary/aromatic N) is 2. The van der Waals surface area contributed by atoms with Crippen molar-refractivity contribution in [3.05, 3.63) is 35.9 Å². The molecule has 4 heteroatoms. The van der Waals surface area contributed by atoms with E-state index >= 15 is 0 Å². The van der Waals surface area contributed by atoms with Crippen molar-refractivity contribution in [3.63, 3.8) is 0 Å². The van der Waals surface area contributed by atoms with Gasteiger partial charge >= 0.3 is 0 Å². The first-order valence-corrected chi connectivity index (χ1v) is 8.31. The molecule has 2 N–H and O–H groups in total. The summed E-state index contributed by atoms with van der Waals surface area (Å²) in [5.41, 5.74) is 7.25. The van der Waals surface area contributed by atoms with Gasteiger partial charge in [-0.3, -0.25) is 9.69 Å². The van der Waals surface area contributed by atoms with Crippen LogP contribution in [0.4, 0.5) is 0 Å². The molecular weight excluding hydrogens is 274 g/mol. The van der Waals surface area contributed by atoms with Gasteiger partial charge in [0.2, 0.25) is 5.91 Å². The fraction of sp³-hybridized carbons (Fsp3) is 0.611. The Morgan fingerprint density at radius 3 is 2.68 bits per heavy atom. The number of carbonyl (C=O) groups is 1. The second kappa shape index (κ2) is 7.75. The molecule has 1 aromatic rings. The van der Waals surface area contributed by atoms with Crippen molar-refractivity contribution in [1.29, 1.82) is 0 Å². The molecule has 0 aromatic heterocycles. The molecule has 1 heterocycles. The van der Waals surface area contributed by atoms with Gasteiger partial charge in [0.1, 0.15) is 0 Å². The smallest absolute Gasteiger partial charge is 0.239 e. The highest BCUT2D eigenvalue weighted by Crippen LogP contribution is 2.23. The first kappa shape index (κ1) is 17.0. The summed E-state index contributed by atoms with van der Waals surface area (Å²) in [7, 11) is 1.91. The molecule has 22 heavy (non-hydrogen) atoms. The molecule has 0 radical (unpaired) electrons. The summed E-state index contributed by atoms with van der Waals surface area (Å²) in [5.74, 6) is 0.548. The minimum atomic E-state index is -0.362. The molecule has 1 aromatic carbocycles. The summed E-state index contributed by atoms with van der Waals surface area (Å²) in [5, 5.41) is 0. The second-order valence-electron chi connectivity index (χ2n) is 6.52. The Labute approximate surface area is 134 Å². The zero-order valence-corrected chi connectivity index (χ0v) is 14.0. The number of likely N-dealkylation sites (N-methyl/N-ethyl adjacent to an activating group) is 1. The van der Waals surface area contributed by atoms with Crippen LogP contribution in [0, 0.1) is 5.92 Å². The van der Waals surface area contributed by atoms with Gasteiger partial charge < -0.3 is 10.6 Å². The predicted molar refractivity (Wildman–Crippen MR) is 90.3 cm³/mol. The van der Waals surface area contributed by atoms with Gasteiger partial charge in [-0.25, -0.2) is 0 Å². The summed E-state index contributed by atoms with van der Waals surface area (Å²) in [6.45, 7) is 7.25. The maximum Gasteiger partial charge on any atom is 0.239 e. The molecule has 4 nitrogen and oxygen atoms in total. The molecule has 1 fully saturated rings. The van der Waals surface area contributed by atoms with Crippen molar-refractivity contribution in [3.8, 4) is 0 Å². The molecule has 0 saturated carbocycles. The lowest BCUT2D eigenvalue weighted by atomic mass is 9.91. The van der Waals surface area contributed by atoms with Crippen molar-refractivity contribution >= 4 is 5.91 Å². The lowest BCUT2D eigenvalue weighted by Gasteiger charge is -2.42. The Bertz CT molecular complexity index is 476. The average Bonchev–Trinajstić information content (AvgIpc) is 2.54. The van der Waals surface area contributed by atoms with Crippen molar-refractivity contribution in [1.82, 2.24) is 9.80 Å². The predicted octanol–water partition coefficient (Wildman–Crippen LogP) is 2.09. The van der Waals surface area contributed by atoms with Gasteiger partial charge in [0.05, 0.1) is 6.04 Å². The molecule has 0 aliphatic carbocycles. The average molecular weight is 303 g/mol. The lowest BCUT2D eigenvalue weighted by molar-refractivity contribution is -0.135. The largest absolute Gasteiger partial charge is 0.341 e. The Kier molecular flexibility index (Phi) is 5.98. The number of piperidine rings is 1. The molecule has 1 saturated heterocycles. The minimum Gasteiger partial charge on any atom is -0.341 e. The highest BCUT2D eigenvalue weighted by atomic mass is 16.2. The Morgan fingerprint density at radius 2 is 2.09 bits per heavy atom. The van der Waals surface area contributed by atoms with Gasteiger partial charge in [-0.1, -0.05) is 44.2 Å². The third kappa shape index (κ3) is 4.08. The summed E-state index contributed by atoms with van der Waals surface area (Å²) in [4.78, 5) is 16.6. The van der Waals surface area contributed by atoms with Gasteiger partial charge in [-0.05, 0) is 24.3 Å². The summed E-state index contributed by atoms with van der Waals surface area (Å²) >= 11 is 0. The monoisotopic (exact) mass is 303 g/mol.